The van der Waals surface area contributed by atoms with Crippen LogP contribution < -0.4 is 4.90 Å². The topological polar surface area (TPSA) is 92.7 Å². The van der Waals surface area contributed by atoms with Crippen LogP contribution in [0.15, 0.2) is 42.9 Å². The molecule has 1 fully saturated rings. The van der Waals surface area contributed by atoms with Gasteiger partial charge in [-0.05, 0) is 25.0 Å². The molecule has 0 spiro atoms. The van der Waals surface area contributed by atoms with E-state index < -0.39 is 23.7 Å². The molecule has 3 heterocycles. The molecule has 26 heavy (non-hydrogen) atoms. The Morgan fingerprint density at radius 2 is 1.85 bits per heavy atom. The van der Waals surface area contributed by atoms with E-state index in [0.29, 0.717) is 23.8 Å². The molecule has 2 amide bonds. The van der Waals surface area contributed by atoms with Gasteiger partial charge in [0, 0.05) is 25.5 Å². The number of hydrogen-bond donors (Lipinski definition) is 0. The van der Waals surface area contributed by atoms with Crippen molar-refractivity contribution in [1.82, 2.24) is 15.0 Å². The Bertz CT molecular complexity index is 836. The minimum atomic E-state index is -0.611. The van der Waals surface area contributed by atoms with Gasteiger partial charge in [-0.15, -0.1) is 0 Å². The molecule has 0 aliphatic carbocycles. The van der Waals surface area contributed by atoms with Crippen molar-refractivity contribution in [2.45, 2.75) is 12.8 Å². The molecular weight excluding hydrogens is 336 g/mol. The third-order valence-electron chi connectivity index (χ3n) is 4.57. The van der Waals surface area contributed by atoms with Crippen molar-refractivity contribution in [3.63, 3.8) is 0 Å². The lowest BCUT2D eigenvalue weighted by molar-refractivity contribution is -0.174. The number of carbonyl (C=O) groups excluding carboxylic acids is 3. The van der Waals surface area contributed by atoms with E-state index in [-0.39, 0.29) is 11.1 Å². The predicted molar refractivity (Wildman–Crippen MR) is 90.0 cm³/mol. The SMILES string of the molecule is O=C(ON1C(=O)c2ccccc2C1=O)C1CCCN(c2cnccn2)C1. The van der Waals surface area contributed by atoms with Crippen LogP contribution in [-0.2, 0) is 9.63 Å². The Morgan fingerprint density at radius 1 is 1.12 bits per heavy atom. The van der Waals surface area contributed by atoms with Crippen molar-refractivity contribution in [2.75, 3.05) is 18.0 Å². The Hall–Kier alpha value is -3.29. The largest absolute Gasteiger partial charge is 0.354 e. The number of benzene rings is 1. The first-order valence-corrected chi connectivity index (χ1v) is 8.36. The number of hydroxylamine groups is 2. The van der Waals surface area contributed by atoms with Gasteiger partial charge in [0.15, 0.2) is 0 Å². The van der Waals surface area contributed by atoms with Crippen molar-refractivity contribution >= 4 is 23.6 Å². The fourth-order valence-corrected chi connectivity index (χ4v) is 3.25. The van der Waals surface area contributed by atoms with E-state index in [1.807, 2.05) is 4.90 Å². The molecule has 8 nitrogen and oxygen atoms in total. The van der Waals surface area contributed by atoms with Crippen molar-refractivity contribution in [2.24, 2.45) is 5.92 Å². The minimum absolute atomic E-state index is 0.245. The summed E-state index contributed by atoms with van der Waals surface area (Å²) in [6.07, 6.45) is 6.21. The highest BCUT2D eigenvalue weighted by molar-refractivity contribution is 6.20. The van der Waals surface area contributed by atoms with Crippen LogP contribution in [0.3, 0.4) is 0 Å². The average Bonchev–Trinajstić information content (AvgIpc) is 2.94. The zero-order valence-corrected chi connectivity index (χ0v) is 13.9. The molecule has 2 aliphatic heterocycles. The van der Waals surface area contributed by atoms with Crippen LogP contribution in [0.25, 0.3) is 0 Å². The van der Waals surface area contributed by atoms with Gasteiger partial charge >= 0.3 is 5.97 Å². The molecule has 8 heteroatoms. The number of carbonyl (C=O) groups is 3. The summed E-state index contributed by atoms with van der Waals surface area (Å²) >= 11 is 0. The molecule has 1 aromatic heterocycles. The lowest BCUT2D eigenvalue weighted by Crippen LogP contribution is -2.42. The maximum atomic E-state index is 12.5. The number of piperidine rings is 1. The fourth-order valence-electron chi connectivity index (χ4n) is 3.25. The highest BCUT2D eigenvalue weighted by Gasteiger charge is 2.40. The van der Waals surface area contributed by atoms with E-state index in [2.05, 4.69) is 9.97 Å². The van der Waals surface area contributed by atoms with E-state index in [1.54, 1.807) is 42.9 Å². The van der Waals surface area contributed by atoms with Crippen LogP contribution in [0.4, 0.5) is 5.82 Å². The maximum Gasteiger partial charge on any atom is 0.338 e. The summed E-state index contributed by atoms with van der Waals surface area (Å²) in [6, 6.07) is 6.41. The molecule has 0 bridgehead atoms. The lowest BCUT2D eigenvalue weighted by atomic mass is 9.98. The number of fused-ring (bicyclic) bond motifs is 1. The standard InChI is InChI=1S/C18H16N4O4/c23-16-13-5-1-2-6-14(13)17(24)22(16)26-18(25)12-4-3-9-21(11-12)15-10-19-7-8-20-15/h1-2,5-8,10,12H,3-4,9,11H2. The van der Waals surface area contributed by atoms with Crippen LogP contribution in [0.1, 0.15) is 33.6 Å². The molecule has 132 valence electrons. The smallest absolute Gasteiger partial charge is 0.338 e. The monoisotopic (exact) mass is 352 g/mol. The predicted octanol–water partition coefficient (Wildman–Crippen LogP) is 1.45. The number of amides is 2. The van der Waals surface area contributed by atoms with E-state index in [9.17, 15) is 14.4 Å². The first kappa shape index (κ1) is 16.2. The summed E-state index contributed by atoms with van der Waals surface area (Å²) in [7, 11) is 0. The van der Waals surface area contributed by atoms with Crippen LogP contribution >= 0.6 is 0 Å². The first-order chi connectivity index (χ1) is 12.6. The van der Waals surface area contributed by atoms with E-state index >= 15 is 0 Å². The van der Waals surface area contributed by atoms with Gasteiger partial charge < -0.3 is 9.74 Å². The summed E-state index contributed by atoms with van der Waals surface area (Å²) in [6.45, 7) is 1.16. The number of imide groups is 1. The van der Waals surface area contributed by atoms with Crippen molar-refractivity contribution in [1.29, 1.82) is 0 Å². The molecule has 0 saturated carbocycles. The third-order valence-corrected chi connectivity index (χ3v) is 4.57. The maximum absolute atomic E-state index is 12.5. The zero-order valence-electron chi connectivity index (χ0n) is 13.9. The van der Waals surface area contributed by atoms with Crippen LogP contribution in [0, 0.1) is 5.92 Å². The second-order valence-electron chi connectivity index (χ2n) is 6.21. The summed E-state index contributed by atoms with van der Waals surface area (Å²) in [5, 5.41) is 0.564. The second-order valence-corrected chi connectivity index (χ2v) is 6.21. The highest BCUT2D eigenvalue weighted by atomic mass is 16.7. The molecule has 1 aromatic carbocycles. The number of nitrogens with zero attached hydrogens (tertiary/aromatic N) is 4. The van der Waals surface area contributed by atoms with Crippen LogP contribution in [0.5, 0.6) is 0 Å². The Balaban J connectivity index is 1.45. The van der Waals surface area contributed by atoms with E-state index in [1.165, 1.54) is 0 Å². The first-order valence-electron chi connectivity index (χ1n) is 8.36. The Labute approximate surface area is 149 Å². The van der Waals surface area contributed by atoms with Crippen molar-refractivity contribution in [3.05, 3.63) is 54.0 Å². The number of aromatic nitrogens is 2. The Kier molecular flexibility index (Phi) is 4.08. The summed E-state index contributed by atoms with van der Waals surface area (Å²) in [4.78, 5) is 52.6. The highest BCUT2D eigenvalue weighted by Crippen LogP contribution is 2.26. The Morgan fingerprint density at radius 3 is 2.50 bits per heavy atom. The molecule has 0 radical (unpaired) electrons. The normalized spacial score (nSPS) is 19.5. The van der Waals surface area contributed by atoms with Crippen LogP contribution in [0.2, 0.25) is 0 Å². The molecule has 4 rings (SSSR count). The van der Waals surface area contributed by atoms with Gasteiger partial charge in [0.25, 0.3) is 11.8 Å². The van der Waals surface area contributed by atoms with Gasteiger partial charge in [0.1, 0.15) is 5.82 Å². The molecule has 1 atom stereocenters. The van der Waals surface area contributed by atoms with Crippen molar-refractivity contribution < 1.29 is 19.2 Å². The van der Waals surface area contributed by atoms with E-state index in [4.69, 9.17) is 4.84 Å². The summed E-state index contributed by atoms with van der Waals surface area (Å²) in [5.41, 5.74) is 0.491. The molecule has 2 aromatic rings. The van der Waals surface area contributed by atoms with Gasteiger partial charge in [-0.3, -0.25) is 14.6 Å². The molecule has 1 saturated heterocycles. The number of hydrogen-bond acceptors (Lipinski definition) is 7. The lowest BCUT2D eigenvalue weighted by Gasteiger charge is -2.32. The summed E-state index contributed by atoms with van der Waals surface area (Å²) < 4.78 is 0. The van der Waals surface area contributed by atoms with Gasteiger partial charge in [-0.2, -0.15) is 0 Å². The fraction of sp³-hybridized carbons (Fsp3) is 0.278. The van der Waals surface area contributed by atoms with Gasteiger partial charge in [0.2, 0.25) is 0 Å². The van der Waals surface area contributed by atoms with Gasteiger partial charge in [0.05, 0.1) is 23.2 Å². The second kappa shape index (κ2) is 6.55. The van der Waals surface area contributed by atoms with Gasteiger partial charge in [-0.1, -0.05) is 17.2 Å². The zero-order chi connectivity index (χ0) is 18.1. The minimum Gasteiger partial charge on any atom is -0.354 e. The molecule has 1 unspecified atom stereocenters. The third kappa shape index (κ3) is 2.79. The number of anilines is 1. The van der Waals surface area contributed by atoms with Crippen molar-refractivity contribution in [3.8, 4) is 0 Å². The summed E-state index contributed by atoms with van der Waals surface area (Å²) in [5.74, 6) is -1.57. The van der Waals surface area contributed by atoms with Gasteiger partial charge in [-0.25, -0.2) is 9.78 Å². The average molecular weight is 352 g/mol. The molecular formula is C18H16N4O4. The van der Waals surface area contributed by atoms with Crippen LogP contribution in [-0.4, -0.2) is 45.9 Å². The molecule has 0 N–H and O–H groups in total. The quantitative estimate of drug-likeness (QED) is 0.772. The van der Waals surface area contributed by atoms with E-state index in [0.717, 1.165) is 13.0 Å². The molecule has 2 aliphatic rings. The number of rotatable bonds is 3.